The van der Waals surface area contributed by atoms with E-state index in [1.807, 2.05) is 18.2 Å². The van der Waals surface area contributed by atoms with E-state index in [1.54, 1.807) is 13.0 Å². The molecule has 2 bridgehead atoms. The Hall–Kier alpha value is -2.81. The molecular weight excluding hydrogens is 475 g/mol. The van der Waals surface area contributed by atoms with E-state index in [0.29, 0.717) is 31.2 Å². The Kier molecular flexibility index (Phi) is 4.85. The van der Waals surface area contributed by atoms with Crippen LogP contribution in [0.15, 0.2) is 46.2 Å². The zero-order chi connectivity index (χ0) is 22.8. The molecule has 0 fully saturated rings. The highest BCUT2D eigenvalue weighted by Gasteiger charge is 2.55. The fourth-order valence-electron chi connectivity index (χ4n) is 4.27. The monoisotopic (exact) mass is 490 g/mol. The molecule has 32 heavy (non-hydrogen) atoms. The second-order valence-electron chi connectivity index (χ2n) is 7.65. The van der Waals surface area contributed by atoms with Crippen molar-refractivity contribution in [2.75, 3.05) is 7.11 Å². The second-order valence-corrected chi connectivity index (χ2v) is 9.50. The number of thiazole rings is 1. The fraction of sp³-hybridized carbons (Fsp3) is 0.227. The van der Waals surface area contributed by atoms with E-state index < -0.39 is 23.7 Å². The number of hydrogen-bond donors (Lipinski definition) is 1. The van der Waals surface area contributed by atoms with Crippen molar-refractivity contribution in [2.24, 2.45) is 10.9 Å². The molecule has 0 saturated heterocycles. The molecule has 2 aliphatic rings. The molecule has 0 unspecified atom stereocenters. The molecule has 0 radical (unpaired) electrons. The number of phenols is 1. The second kappa shape index (κ2) is 7.37. The van der Waals surface area contributed by atoms with E-state index in [0.717, 1.165) is 11.3 Å². The summed E-state index contributed by atoms with van der Waals surface area (Å²) in [5.74, 6) is -1.01. The molecule has 0 spiro atoms. The molecule has 7 nitrogen and oxygen atoms in total. The Morgan fingerprint density at radius 3 is 2.84 bits per heavy atom. The van der Waals surface area contributed by atoms with Crippen molar-refractivity contribution in [3.8, 4) is 11.5 Å². The van der Waals surface area contributed by atoms with Gasteiger partial charge in [0, 0.05) is 16.1 Å². The van der Waals surface area contributed by atoms with Crippen LogP contribution in [0.25, 0.3) is 6.08 Å². The lowest BCUT2D eigenvalue weighted by Gasteiger charge is -2.44. The van der Waals surface area contributed by atoms with Gasteiger partial charge in [0.1, 0.15) is 17.4 Å². The van der Waals surface area contributed by atoms with Gasteiger partial charge in [0.25, 0.3) is 5.56 Å². The van der Waals surface area contributed by atoms with Crippen molar-refractivity contribution >= 4 is 46.6 Å². The van der Waals surface area contributed by atoms with Crippen LogP contribution in [-0.4, -0.2) is 28.5 Å². The predicted molar refractivity (Wildman–Crippen MR) is 120 cm³/mol. The van der Waals surface area contributed by atoms with Gasteiger partial charge in [0.05, 0.1) is 22.7 Å². The van der Waals surface area contributed by atoms with E-state index in [1.165, 1.54) is 29.9 Å². The molecular formula is C22H16Cl2N2O5S. The molecule has 3 aromatic rings. The van der Waals surface area contributed by atoms with E-state index in [2.05, 4.69) is 4.99 Å². The summed E-state index contributed by atoms with van der Waals surface area (Å²) in [4.78, 5) is 31.4. The Morgan fingerprint density at radius 2 is 2.09 bits per heavy atom. The number of fused-ring (bicyclic) bond motifs is 6. The lowest BCUT2D eigenvalue weighted by Crippen LogP contribution is -2.58. The van der Waals surface area contributed by atoms with Gasteiger partial charge in [-0.05, 0) is 31.2 Å². The summed E-state index contributed by atoms with van der Waals surface area (Å²) in [7, 11) is 1.30. The van der Waals surface area contributed by atoms with Crippen molar-refractivity contribution in [1.82, 2.24) is 4.57 Å². The fourth-order valence-corrected chi connectivity index (χ4v) is 5.87. The Labute approximate surface area is 195 Å². The highest BCUT2D eigenvalue weighted by molar-refractivity contribution is 7.07. The van der Waals surface area contributed by atoms with Crippen LogP contribution < -0.4 is 19.6 Å². The number of aromatic hydroxyl groups is 1. The van der Waals surface area contributed by atoms with Crippen LogP contribution in [0.4, 0.5) is 0 Å². The summed E-state index contributed by atoms with van der Waals surface area (Å²) in [5, 5.41) is 10.7. The first-order chi connectivity index (χ1) is 15.2. The molecule has 0 saturated carbocycles. The number of carbonyl (C=O) groups is 1. The third-order valence-electron chi connectivity index (χ3n) is 5.68. The van der Waals surface area contributed by atoms with Crippen molar-refractivity contribution in [1.29, 1.82) is 0 Å². The SMILES string of the molecule is COC(=O)[C@H]1[C@@H]2c3ccccc3O[C@]1(C)N=c1s/c(=C/c3cc(Cl)cc(Cl)c3O)c(=O)n12. The van der Waals surface area contributed by atoms with Crippen molar-refractivity contribution < 1.29 is 19.4 Å². The number of aromatic nitrogens is 1. The number of para-hydroxylation sites is 1. The number of carbonyl (C=O) groups excluding carboxylic acids is 1. The first-order valence-corrected chi connectivity index (χ1v) is 11.2. The molecule has 3 atom stereocenters. The van der Waals surface area contributed by atoms with Crippen LogP contribution in [0.5, 0.6) is 11.5 Å². The summed E-state index contributed by atoms with van der Waals surface area (Å²) in [6.07, 6.45) is 1.51. The first kappa shape index (κ1) is 21.1. The zero-order valence-corrected chi connectivity index (χ0v) is 19.2. The van der Waals surface area contributed by atoms with Crippen LogP contribution in [0.3, 0.4) is 0 Å². The number of phenolic OH excluding ortho intramolecular Hbond substituents is 1. The number of esters is 1. The third-order valence-corrected chi connectivity index (χ3v) is 7.17. The maximum atomic E-state index is 13.5. The van der Waals surface area contributed by atoms with Crippen molar-refractivity contribution in [2.45, 2.75) is 18.7 Å². The molecule has 5 rings (SSSR count). The lowest BCUT2D eigenvalue weighted by atomic mass is 9.81. The lowest BCUT2D eigenvalue weighted by molar-refractivity contribution is -0.158. The molecule has 3 heterocycles. The van der Waals surface area contributed by atoms with Crippen LogP contribution in [0, 0.1) is 5.92 Å². The maximum absolute atomic E-state index is 13.5. The number of ether oxygens (including phenoxy) is 2. The largest absolute Gasteiger partial charge is 0.506 e. The van der Waals surface area contributed by atoms with Crippen LogP contribution in [-0.2, 0) is 9.53 Å². The summed E-state index contributed by atoms with van der Waals surface area (Å²) >= 11 is 13.2. The normalized spacial score (nSPS) is 23.6. The van der Waals surface area contributed by atoms with E-state index in [-0.39, 0.29) is 16.3 Å². The summed E-state index contributed by atoms with van der Waals surface area (Å²) in [6, 6.07) is 9.51. The minimum Gasteiger partial charge on any atom is -0.506 e. The van der Waals surface area contributed by atoms with Gasteiger partial charge in [0.15, 0.2) is 4.80 Å². The number of nitrogens with zero attached hydrogens (tertiary/aromatic N) is 2. The van der Waals surface area contributed by atoms with Gasteiger partial charge >= 0.3 is 5.97 Å². The minimum atomic E-state index is -1.25. The van der Waals surface area contributed by atoms with E-state index >= 15 is 0 Å². The molecule has 0 aliphatic carbocycles. The summed E-state index contributed by atoms with van der Waals surface area (Å²) in [5.41, 5.74) is -0.616. The number of halogens is 2. The average molecular weight is 491 g/mol. The molecule has 164 valence electrons. The molecule has 1 N–H and O–H groups in total. The third kappa shape index (κ3) is 3.05. The topological polar surface area (TPSA) is 90.1 Å². The van der Waals surface area contributed by atoms with E-state index in [4.69, 9.17) is 32.7 Å². The number of hydrogen-bond acceptors (Lipinski definition) is 7. The molecule has 2 aliphatic heterocycles. The van der Waals surface area contributed by atoms with Gasteiger partial charge in [-0.2, -0.15) is 0 Å². The van der Waals surface area contributed by atoms with Gasteiger partial charge in [0.2, 0.25) is 5.72 Å². The first-order valence-electron chi connectivity index (χ1n) is 9.60. The van der Waals surface area contributed by atoms with Gasteiger partial charge < -0.3 is 14.6 Å². The maximum Gasteiger partial charge on any atom is 0.317 e. The van der Waals surface area contributed by atoms with Crippen LogP contribution in [0.2, 0.25) is 10.0 Å². The molecule has 2 aromatic carbocycles. The highest BCUT2D eigenvalue weighted by Crippen LogP contribution is 2.47. The Balaban J connectivity index is 1.81. The standard InChI is InChI=1S/C22H16Cl2N2O5S/c1-22-16(20(29)30-2)17(12-5-3-4-6-14(12)31-22)26-19(28)15(32-21(26)25-22)8-10-7-11(23)9-13(24)18(10)27/h3-9,16-17,27H,1-2H3/b15-8+/t16-,17+,22+/m1/s1. The predicted octanol–water partition coefficient (Wildman–Crippen LogP) is 2.87. The average Bonchev–Trinajstić information content (AvgIpc) is 3.04. The van der Waals surface area contributed by atoms with Crippen LogP contribution in [0.1, 0.15) is 24.1 Å². The Bertz CT molecular complexity index is 1460. The summed E-state index contributed by atoms with van der Waals surface area (Å²) in [6.45, 7) is 1.71. The summed E-state index contributed by atoms with van der Waals surface area (Å²) < 4.78 is 13.0. The van der Waals surface area contributed by atoms with Gasteiger partial charge in [-0.1, -0.05) is 52.7 Å². The van der Waals surface area contributed by atoms with Gasteiger partial charge in [-0.15, -0.1) is 0 Å². The van der Waals surface area contributed by atoms with E-state index in [9.17, 15) is 14.7 Å². The molecule has 0 amide bonds. The number of rotatable bonds is 2. The van der Waals surface area contributed by atoms with Crippen LogP contribution >= 0.6 is 34.5 Å². The van der Waals surface area contributed by atoms with Gasteiger partial charge in [-0.3, -0.25) is 14.2 Å². The number of methoxy groups -OCH3 is 1. The number of benzene rings is 2. The smallest absolute Gasteiger partial charge is 0.317 e. The highest BCUT2D eigenvalue weighted by atomic mass is 35.5. The zero-order valence-electron chi connectivity index (χ0n) is 16.8. The van der Waals surface area contributed by atoms with Gasteiger partial charge in [-0.25, -0.2) is 4.99 Å². The minimum absolute atomic E-state index is 0.0753. The Morgan fingerprint density at radius 1 is 1.34 bits per heavy atom. The van der Waals surface area contributed by atoms with Crippen molar-refractivity contribution in [3.05, 3.63) is 77.3 Å². The molecule has 1 aromatic heterocycles. The molecule has 10 heteroatoms. The van der Waals surface area contributed by atoms with Crippen molar-refractivity contribution in [3.63, 3.8) is 0 Å². The quantitative estimate of drug-likeness (QED) is 0.557.